The van der Waals surface area contributed by atoms with Crippen LogP contribution in [0.25, 0.3) is 0 Å². The van der Waals surface area contributed by atoms with E-state index in [-0.39, 0.29) is 10.8 Å². The largest absolute Gasteiger partial charge is 0.245 e. The fourth-order valence-electron chi connectivity index (χ4n) is 1.16. The molecule has 0 aliphatic heterocycles. The average Bonchev–Trinajstić information content (AvgIpc) is 2.30. The van der Waals surface area contributed by atoms with E-state index in [1.54, 1.807) is 12.1 Å². The van der Waals surface area contributed by atoms with Gasteiger partial charge >= 0.3 is 0 Å². The predicted octanol–water partition coefficient (Wildman–Crippen LogP) is 1.74. The van der Waals surface area contributed by atoms with Crippen LogP contribution in [-0.2, 0) is 9.84 Å². The van der Waals surface area contributed by atoms with Crippen molar-refractivity contribution in [1.82, 2.24) is 4.98 Å². The highest BCUT2D eigenvalue weighted by Gasteiger charge is 2.14. The third kappa shape index (κ3) is 4.18. The Morgan fingerprint density at radius 3 is 2.81 bits per heavy atom. The molecule has 0 unspecified atom stereocenters. The van der Waals surface area contributed by atoms with Gasteiger partial charge in [-0.15, -0.1) is 0 Å². The van der Waals surface area contributed by atoms with Crippen molar-refractivity contribution in [3.8, 4) is 0 Å². The molecule has 0 bridgehead atoms. The van der Waals surface area contributed by atoms with Gasteiger partial charge in [0.25, 0.3) is 0 Å². The van der Waals surface area contributed by atoms with E-state index in [0.717, 1.165) is 0 Å². The van der Waals surface area contributed by atoms with Crippen molar-refractivity contribution in [2.75, 3.05) is 12.3 Å². The van der Waals surface area contributed by atoms with E-state index >= 15 is 0 Å². The van der Waals surface area contributed by atoms with Crippen LogP contribution in [0.15, 0.2) is 34.4 Å². The molecule has 0 aliphatic rings. The van der Waals surface area contributed by atoms with Gasteiger partial charge in [-0.05, 0) is 37.2 Å². The van der Waals surface area contributed by atoms with Crippen LogP contribution in [0.3, 0.4) is 0 Å². The third-order valence-electron chi connectivity index (χ3n) is 1.95. The monoisotopic (exact) mass is 256 g/mol. The molecule has 1 aromatic heterocycles. The molecule has 16 heavy (non-hydrogen) atoms. The van der Waals surface area contributed by atoms with E-state index in [0.29, 0.717) is 19.4 Å². The first-order valence-electron chi connectivity index (χ1n) is 4.84. The zero-order valence-electron chi connectivity index (χ0n) is 8.67. The van der Waals surface area contributed by atoms with Crippen LogP contribution in [0.4, 0.5) is 0 Å². The van der Waals surface area contributed by atoms with E-state index in [2.05, 4.69) is 27.4 Å². The number of thiocarbonyl (C=S) groups is 1. The van der Waals surface area contributed by atoms with Gasteiger partial charge in [-0.2, -0.15) is 0 Å². The molecular weight excluding hydrogens is 244 g/mol. The van der Waals surface area contributed by atoms with Crippen LogP contribution in [0.2, 0.25) is 0 Å². The fourth-order valence-corrected chi connectivity index (χ4v) is 2.56. The van der Waals surface area contributed by atoms with Crippen molar-refractivity contribution >= 4 is 27.2 Å². The number of unbranched alkanes of at least 4 members (excludes halogenated alkanes) is 1. The fraction of sp³-hybridized carbons (Fsp3) is 0.400. The van der Waals surface area contributed by atoms with E-state index in [4.69, 9.17) is 0 Å². The number of pyridine rings is 1. The minimum absolute atomic E-state index is 0.0942. The molecule has 0 aromatic carbocycles. The van der Waals surface area contributed by atoms with Crippen LogP contribution in [0.1, 0.15) is 12.8 Å². The lowest BCUT2D eigenvalue weighted by molar-refractivity contribution is 0.588. The Bertz CT molecular complexity index is 465. The number of sulfone groups is 1. The summed E-state index contributed by atoms with van der Waals surface area (Å²) in [5.74, 6) is 0.0942. The first kappa shape index (κ1) is 13.0. The summed E-state index contributed by atoms with van der Waals surface area (Å²) in [6.07, 6.45) is 2.72. The van der Waals surface area contributed by atoms with Gasteiger partial charge < -0.3 is 0 Å². The summed E-state index contributed by atoms with van der Waals surface area (Å²) in [4.78, 5) is 7.54. The molecule has 4 nitrogen and oxygen atoms in total. The number of nitrogens with zero attached hydrogens (tertiary/aromatic N) is 2. The van der Waals surface area contributed by atoms with Crippen molar-refractivity contribution < 1.29 is 8.42 Å². The number of hydrogen-bond donors (Lipinski definition) is 0. The molecule has 1 heterocycles. The molecule has 6 heteroatoms. The highest BCUT2D eigenvalue weighted by atomic mass is 32.2. The molecule has 0 radical (unpaired) electrons. The zero-order chi connectivity index (χ0) is 11.9. The predicted molar refractivity (Wildman–Crippen MR) is 65.4 cm³/mol. The van der Waals surface area contributed by atoms with Crippen molar-refractivity contribution in [2.24, 2.45) is 4.99 Å². The highest BCUT2D eigenvalue weighted by molar-refractivity contribution is 7.91. The van der Waals surface area contributed by atoms with Gasteiger partial charge in [0.15, 0.2) is 14.9 Å². The standard InChI is InChI=1S/C10H12N2O2S2/c13-16(14,8-4-3-6-11-9-15)10-5-1-2-7-12-10/h1-2,5,7H,3-4,6,8H2. The summed E-state index contributed by atoms with van der Waals surface area (Å²) < 4.78 is 23.5. The number of aliphatic imine (C=N–C) groups is 1. The maximum atomic E-state index is 11.7. The molecule has 0 amide bonds. The van der Waals surface area contributed by atoms with Gasteiger partial charge in [0.1, 0.15) is 0 Å². The number of hydrogen-bond acceptors (Lipinski definition) is 5. The maximum absolute atomic E-state index is 11.7. The number of isothiocyanates is 1. The van der Waals surface area contributed by atoms with Gasteiger partial charge in [-0.1, -0.05) is 6.07 Å². The minimum atomic E-state index is -3.25. The quantitative estimate of drug-likeness (QED) is 0.442. The SMILES string of the molecule is O=S(=O)(CCCCN=C=S)c1ccccn1. The summed E-state index contributed by atoms with van der Waals surface area (Å²) in [5.41, 5.74) is 0. The molecule has 1 aromatic rings. The van der Waals surface area contributed by atoms with Gasteiger partial charge in [-0.25, -0.2) is 18.4 Å². The van der Waals surface area contributed by atoms with Crippen LogP contribution < -0.4 is 0 Å². The minimum Gasteiger partial charge on any atom is -0.245 e. The number of rotatable bonds is 6. The lowest BCUT2D eigenvalue weighted by Gasteiger charge is -2.01. The molecular formula is C10H12N2O2S2. The second-order valence-electron chi connectivity index (χ2n) is 3.17. The summed E-state index contributed by atoms with van der Waals surface area (Å²) >= 11 is 4.41. The summed E-state index contributed by atoms with van der Waals surface area (Å²) in [6.45, 7) is 0.529. The van der Waals surface area contributed by atoms with Gasteiger partial charge in [0.2, 0.25) is 0 Å². The number of aromatic nitrogens is 1. The summed E-state index contributed by atoms with van der Waals surface area (Å²) in [5, 5.41) is 2.38. The Labute approximate surface area is 100 Å². The Morgan fingerprint density at radius 1 is 1.38 bits per heavy atom. The molecule has 0 aliphatic carbocycles. The molecule has 1 rings (SSSR count). The molecule has 0 fully saturated rings. The van der Waals surface area contributed by atoms with Crippen molar-refractivity contribution in [1.29, 1.82) is 0 Å². The summed E-state index contributed by atoms with van der Waals surface area (Å²) in [7, 11) is -3.25. The Balaban J connectivity index is 2.50. The van der Waals surface area contributed by atoms with E-state index in [1.807, 2.05) is 0 Å². The molecule has 0 saturated heterocycles. The van der Waals surface area contributed by atoms with Crippen LogP contribution >= 0.6 is 12.2 Å². The normalized spacial score (nSPS) is 10.8. The van der Waals surface area contributed by atoms with E-state index in [1.165, 1.54) is 12.3 Å². The van der Waals surface area contributed by atoms with Gasteiger partial charge in [0.05, 0.1) is 10.9 Å². The second kappa shape index (κ2) is 6.48. The lowest BCUT2D eigenvalue weighted by atomic mass is 10.3. The van der Waals surface area contributed by atoms with Gasteiger partial charge in [0, 0.05) is 12.7 Å². The van der Waals surface area contributed by atoms with Crippen LogP contribution in [0, 0.1) is 0 Å². The molecule has 0 spiro atoms. The Kier molecular flexibility index (Phi) is 5.25. The molecule has 0 saturated carbocycles. The molecule has 0 atom stereocenters. The van der Waals surface area contributed by atoms with Gasteiger partial charge in [-0.3, -0.25) is 0 Å². The average molecular weight is 256 g/mol. The van der Waals surface area contributed by atoms with E-state index < -0.39 is 9.84 Å². The topological polar surface area (TPSA) is 59.4 Å². The summed E-state index contributed by atoms with van der Waals surface area (Å²) in [6, 6.07) is 4.86. The van der Waals surface area contributed by atoms with Crippen molar-refractivity contribution in [2.45, 2.75) is 17.9 Å². The second-order valence-corrected chi connectivity index (χ2v) is 5.41. The Hall–Kier alpha value is -1.10. The Morgan fingerprint density at radius 2 is 2.19 bits per heavy atom. The van der Waals surface area contributed by atoms with Crippen molar-refractivity contribution in [3.05, 3.63) is 24.4 Å². The van der Waals surface area contributed by atoms with Crippen LogP contribution in [-0.4, -0.2) is 30.9 Å². The van der Waals surface area contributed by atoms with E-state index in [9.17, 15) is 8.42 Å². The first-order valence-corrected chi connectivity index (χ1v) is 6.90. The highest BCUT2D eigenvalue weighted by Crippen LogP contribution is 2.08. The van der Waals surface area contributed by atoms with Crippen molar-refractivity contribution in [3.63, 3.8) is 0 Å². The zero-order valence-corrected chi connectivity index (χ0v) is 10.3. The van der Waals surface area contributed by atoms with Crippen LogP contribution in [0.5, 0.6) is 0 Å². The third-order valence-corrected chi connectivity index (χ3v) is 3.79. The molecule has 86 valence electrons. The molecule has 0 N–H and O–H groups in total. The lowest BCUT2D eigenvalue weighted by Crippen LogP contribution is -2.08. The smallest absolute Gasteiger partial charge is 0.195 e. The maximum Gasteiger partial charge on any atom is 0.195 e. The first-order chi connectivity index (χ1) is 7.67.